The molecule has 2 aromatic rings. The SMILES string of the molecule is COc1ccc(-c2ccc3c(c2)CCC(C)(C)C3NC(=O)O[C@H]2CN3CCC2CC3)c(Cl)c1. The Kier molecular flexibility index (Phi) is 6.04. The number of rotatable bonds is 4. The quantitative estimate of drug-likeness (QED) is 0.611. The third-order valence-corrected chi connectivity index (χ3v) is 8.19. The maximum Gasteiger partial charge on any atom is 0.407 e. The van der Waals surface area contributed by atoms with Gasteiger partial charge in [-0.25, -0.2) is 4.79 Å². The summed E-state index contributed by atoms with van der Waals surface area (Å²) >= 11 is 6.53. The zero-order chi connectivity index (χ0) is 23.2. The van der Waals surface area contributed by atoms with E-state index in [9.17, 15) is 4.79 Å². The summed E-state index contributed by atoms with van der Waals surface area (Å²) in [5.74, 6) is 1.25. The predicted molar refractivity (Wildman–Crippen MR) is 131 cm³/mol. The summed E-state index contributed by atoms with van der Waals surface area (Å²) in [4.78, 5) is 15.4. The van der Waals surface area contributed by atoms with Crippen molar-refractivity contribution in [3.05, 3.63) is 52.5 Å². The average Bonchev–Trinajstić information content (AvgIpc) is 2.81. The number of hydrogen-bond donors (Lipinski definition) is 1. The van der Waals surface area contributed by atoms with Crippen molar-refractivity contribution in [2.45, 2.75) is 51.7 Å². The summed E-state index contributed by atoms with van der Waals surface area (Å²) in [6, 6.07) is 12.1. The minimum absolute atomic E-state index is 0.0123. The number of benzene rings is 2. The number of nitrogens with one attached hydrogen (secondary N) is 1. The molecule has 5 nitrogen and oxygen atoms in total. The number of halogens is 1. The van der Waals surface area contributed by atoms with Gasteiger partial charge in [0.1, 0.15) is 11.9 Å². The highest BCUT2D eigenvalue weighted by Crippen LogP contribution is 2.45. The highest BCUT2D eigenvalue weighted by molar-refractivity contribution is 6.33. The first-order chi connectivity index (χ1) is 15.8. The van der Waals surface area contributed by atoms with E-state index < -0.39 is 0 Å². The molecule has 1 amide bonds. The zero-order valence-electron chi connectivity index (χ0n) is 19.7. The summed E-state index contributed by atoms with van der Waals surface area (Å²) < 4.78 is 11.2. The minimum Gasteiger partial charge on any atom is -0.497 e. The van der Waals surface area contributed by atoms with Crippen molar-refractivity contribution in [1.29, 1.82) is 0 Å². The van der Waals surface area contributed by atoms with E-state index in [2.05, 4.69) is 42.3 Å². The number of nitrogens with zero attached hydrogens (tertiary/aromatic N) is 1. The molecular weight excluding hydrogens is 436 g/mol. The molecule has 176 valence electrons. The fourth-order valence-corrected chi connectivity index (χ4v) is 6.04. The Hall–Kier alpha value is -2.24. The lowest BCUT2D eigenvalue weighted by Crippen LogP contribution is -2.53. The van der Waals surface area contributed by atoms with Crippen LogP contribution in [0.25, 0.3) is 11.1 Å². The van der Waals surface area contributed by atoms with Gasteiger partial charge in [-0.05, 0) is 85.0 Å². The van der Waals surface area contributed by atoms with Gasteiger partial charge in [-0.15, -0.1) is 0 Å². The maximum atomic E-state index is 13.0. The minimum atomic E-state index is -0.290. The van der Waals surface area contributed by atoms with Crippen LogP contribution in [-0.2, 0) is 11.2 Å². The van der Waals surface area contributed by atoms with E-state index in [1.54, 1.807) is 7.11 Å². The van der Waals surface area contributed by atoms with Gasteiger partial charge in [0, 0.05) is 12.1 Å². The molecule has 3 fully saturated rings. The molecule has 2 bridgehead atoms. The molecule has 3 aliphatic heterocycles. The third-order valence-electron chi connectivity index (χ3n) is 7.88. The van der Waals surface area contributed by atoms with Gasteiger partial charge in [-0.2, -0.15) is 0 Å². The highest BCUT2D eigenvalue weighted by Gasteiger charge is 2.40. The van der Waals surface area contributed by atoms with Crippen molar-refractivity contribution in [1.82, 2.24) is 10.2 Å². The van der Waals surface area contributed by atoms with Crippen LogP contribution in [0, 0.1) is 11.3 Å². The van der Waals surface area contributed by atoms with Crippen molar-refractivity contribution < 1.29 is 14.3 Å². The summed E-state index contributed by atoms with van der Waals surface area (Å²) in [5.41, 5.74) is 4.43. The van der Waals surface area contributed by atoms with Crippen molar-refractivity contribution in [2.24, 2.45) is 11.3 Å². The topological polar surface area (TPSA) is 50.8 Å². The molecular formula is C27H33ClN2O3. The van der Waals surface area contributed by atoms with Crippen LogP contribution >= 0.6 is 11.6 Å². The van der Waals surface area contributed by atoms with Crippen molar-refractivity contribution in [2.75, 3.05) is 26.7 Å². The molecule has 0 radical (unpaired) electrons. The Morgan fingerprint density at radius 3 is 2.61 bits per heavy atom. The van der Waals surface area contributed by atoms with Gasteiger partial charge in [-0.1, -0.05) is 43.6 Å². The average molecular weight is 469 g/mol. The Balaban J connectivity index is 1.36. The number of methoxy groups -OCH3 is 1. The number of fused-ring (bicyclic) bond motifs is 4. The second-order valence-corrected chi connectivity index (χ2v) is 10.8. The zero-order valence-corrected chi connectivity index (χ0v) is 20.5. The molecule has 4 aliphatic rings. The molecule has 6 rings (SSSR count). The van der Waals surface area contributed by atoms with Gasteiger partial charge in [0.25, 0.3) is 0 Å². The lowest BCUT2D eigenvalue weighted by atomic mass is 9.70. The highest BCUT2D eigenvalue weighted by atomic mass is 35.5. The number of piperidine rings is 3. The van der Waals surface area contributed by atoms with Crippen LogP contribution < -0.4 is 10.1 Å². The molecule has 3 heterocycles. The van der Waals surface area contributed by atoms with E-state index in [-0.39, 0.29) is 23.7 Å². The van der Waals surface area contributed by atoms with E-state index >= 15 is 0 Å². The number of aryl methyl sites for hydroxylation is 1. The van der Waals surface area contributed by atoms with Gasteiger partial charge in [0.2, 0.25) is 0 Å². The van der Waals surface area contributed by atoms with Crippen LogP contribution in [0.3, 0.4) is 0 Å². The fourth-order valence-electron chi connectivity index (χ4n) is 5.76. The molecule has 2 atom stereocenters. The van der Waals surface area contributed by atoms with E-state index in [1.165, 1.54) is 11.1 Å². The van der Waals surface area contributed by atoms with Crippen molar-refractivity contribution in [3.8, 4) is 16.9 Å². The van der Waals surface area contributed by atoms with E-state index in [0.717, 1.165) is 62.2 Å². The summed E-state index contributed by atoms with van der Waals surface area (Å²) in [5, 5.41) is 3.90. The van der Waals surface area contributed by atoms with Crippen LogP contribution in [0.5, 0.6) is 5.75 Å². The van der Waals surface area contributed by atoms with Crippen LogP contribution in [0.4, 0.5) is 4.79 Å². The Labute approximate surface area is 201 Å². The molecule has 1 aliphatic carbocycles. The smallest absolute Gasteiger partial charge is 0.407 e. The lowest BCUT2D eigenvalue weighted by Gasteiger charge is -2.44. The second kappa shape index (κ2) is 8.84. The largest absolute Gasteiger partial charge is 0.497 e. The first-order valence-electron chi connectivity index (χ1n) is 12.0. The fraction of sp³-hybridized carbons (Fsp3) is 0.519. The third kappa shape index (κ3) is 4.45. The first kappa shape index (κ1) is 22.5. The number of hydrogen-bond acceptors (Lipinski definition) is 4. The van der Waals surface area contributed by atoms with Crippen LogP contribution in [0.1, 0.15) is 50.3 Å². The van der Waals surface area contributed by atoms with Crippen molar-refractivity contribution in [3.63, 3.8) is 0 Å². The summed E-state index contributed by atoms with van der Waals surface area (Å²) in [7, 11) is 1.64. The molecule has 2 aromatic carbocycles. The number of ether oxygens (including phenoxy) is 2. The molecule has 1 unspecified atom stereocenters. The summed E-state index contributed by atoms with van der Waals surface area (Å²) in [6.07, 6.45) is 3.94. The van der Waals surface area contributed by atoms with E-state index in [0.29, 0.717) is 10.9 Å². The van der Waals surface area contributed by atoms with Gasteiger partial charge >= 0.3 is 6.09 Å². The van der Waals surface area contributed by atoms with E-state index in [1.807, 2.05) is 18.2 Å². The number of alkyl carbamates (subject to hydrolysis) is 1. The molecule has 0 aromatic heterocycles. The maximum absolute atomic E-state index is 13.0. The second-order valence-electron chi connectivity index (χ2n) is 10.4. The Bertz CT molecular complexity index is 1050. The van der Waals surface area contributed by atoms with Crippen molar-refractivity contribution >= 4 is 17.7 Å². The summed E-state index contributed by atoms with van der Waals surface area (Å²) in [6.45, 7) is 7.59. The Morgan fingerprint density at radius 2 is 1.94 bits per heavy atom. The molecule has 0 spiro atoms. The van der Waals surface area contributed by atoms with Gasteiger partial charge in [0.15, 0.2) is 0 Å². The molecule has 1 N–H and O–H groups in total. The van der Waals surface area contributed by atoms with Gasteiger partial charge in [0.05, 0.1) is 18.2 Å². The number of carbonyl (C=O) groups excluding carboxylic acids is 1. The number of amides is 1. The van der Waals surface area contributed by atoms with Crippen LogP contribution in [0.2, 0.25) is 5.02 Å². The van der Waals surface area contributed by atoms with Crippen LogP contribution in [0.15, 0.2) is 36.4 Å². The van der Waals surface area contributed by atoms with Gasteiger partial charge < -0.3 is 14.8 Å². The normalized spacial score (nSPS) is 27.5. The number of carbonyl (C=O) groups is 1. The van der Waals surface area contributed by atoms with E-state index in [4.69, 9.17) is 21.1 Å². The monoisotopic (exact) mass is 468 g/mol. The predicted octanol–water partition coefficient (Wildman–Crippen LogP) is 5.85. The lowest BCUT2D eigenvalue weighted by molar-refractivity contribution is -0.0353. The first-order valence-corrected chi connectivity index (χ1v) is 12.4. The molecule has 3 saturated heterocycles. The standard InChI is InChI=1S/C27H33ClN2O3/c1-27(2)11-8-19-14-18(21-7-5-20(32-3)15-23(21)28)4-6-22(19)25(27)29-26(31)33-24-16-30-12-9-17(24)10-13-30/h4-7,14-15,17,24-25H,8-13,16H2,1-3H3,(H,29,31)/t24-,25?/m0/s1. The Morgan fingerprint density at radius 1 is 1.15 bits per heavy atom. The molecule has 6 heteroatoms. The molecule has 33 heavy (non-hydrogen) atoms. The molecule has 0 saturated carbocycles. The van der Waals surface area contributed by atoms with Gasteiger partial charge in [-0.3, -0.25) is 4.90 Å². The van der Waals surface area contributed by atoms with Crippen LogP contribution in [-0.4, -0.2) is 43.8 Å².